The molecule has 31 heavy (non-hydrogen) atoms. The summed E-state index contributed by atoms with van der Waals surface area (Å²) >= 11 is 0. The van der Waals surface area contributed by atoms with Gasteiger partial charge >= 0.3 is 0 Å². The summed E-state index contributed by atoms with van der Waals surface area (Å²) in [4.78, 5) is 0. The SMILES string of the molecule is N#CCCC1COc2ccccc2OCCOCCOCCOc2ccccc2OC1. The monoisotopic (exact) mass is 427 g/mol. The molecule has 2 aromatic rings. The van der Waals surface area contributed by atoms with Crippen LogP contribution in [0, 0.1) is 17.2 Å². The topological polar surface area (TPSA) is 79.2 Å². The van der Waals surface area contributed by atoms with Gasteiger partial charge in [0.25, 0.3) is 0 Å². The number of nitriles is 1. The second kappa shape index (κ2) is 13.4. The fraction of sp³-hybridized carbons (Fsp3) is 0.458. The van der Waals surface area contributed by atoms with Crippen molar-refractivity contribution in [2.24, 2.45) is 5.92 Å². The van der Waals surface area contributed by atoms with Crippen LogP contribution in [-0.2, 0) is 9.47 Å². The van der Waals surface area contributed by atoms with E-state index in [2.05, 4.69) is 6.07 Å². The number of ether oxygens (including phenoxy) is 6. The molecule has 0 bridgehead atoms. The van der Waals surface area contributed by atoms with Crippen molar-refractivity contribution in [3.63, 3.8) is 0 Å². The van der Waals surface area contributed by atoms with Gasteiger partial charge in [-0.25, -0.2) is 0 Å². The maximum Gasteiger partial charge on any atom is 0.161 e. The Kier molecular flexibility index (Phi) is 9.80. The van der Waals surface area contributed by atoms with E-state index in [1.165, 1.54) is 0 Å². The lowest BCUT2D eigenvalue weighted by molar-refractivity contribution is 0.0269. The number of nitrogens with zero attached hydrogens (tertiary/aromatic N) is 1. The van der Waals surface area contributed by atoms with Gasteiger partial charge in [0.2, 0.25) is 0 Å². The van der Waals surface area contributed by atoms with Crippen molar-refractivity contribution in [3.05, 3.63) is 48.5 Å². The first-order chi connectivity index (χ1) is 15.4. The molecule has 0 radical (unpaired) electrons. The van der Waals surface area contributed by atoms with Gasteiger partial charge in [0.15, 0.2) is 23.0 Å². The van der Waals surface area contributed by atoms with E-state index in [1.807, 2.05) is 48.5 Å². The van der Waals surface area contributed by atoms with Gasteiger partial charge in [-0.2, -0.15) is 5.26 Å². The summed E-state index contributed by atoms with van der Waals surface area (Å²) in [5.74, 6) is 2.69. The second-order valence-corrected chi connectivity index (χ2v) is 7.00. The molecule has 0 aromatic heterocycles. The number of rotatable bonds is 2. The summed E-state index contributed by atoms with van der Waals surface area (Å²) in [7, 11) is 0. The van der Waals surface area contributed by atoms with E-state index < -0.39 is 0 Å². The molecule has 0 unspecified atom stereocenters. The molecule has 0 fully saturated rings. The van der Waals surface area contributed by atoms with Gasteiger partial charge in [-0.05, 0) is 30.7 Å². The largest absolute Gasteiger partial charge is 0.489 e. The molecular weight excluding hydrogens is 398 g/mol. The molecule has 2 aromatic carbocycles. The van der Waals surface area contributed by atoms with E-state index in [0.717, 1.165) is 0 Å². The summed E-state index contributed by atoms with van der Waals surface area (Å²) < 4.78 is 34.8. The average molecular weight is 427 g/mol. The minimum atomic E-state index is 0.0366. The lowest BCUT2D eigenvalue weighted by atomic mass is 10.1. The van der Waals surface area contributed by atoms with Crippen molar-refractivity contribution in [3.8, 4) is 29.1 Å². The molecule has 166 valence electrons. The quantitative estimate of drug-likeness (QED) is 0.720. The Hall–Kier alpha value is -2.95. The molecule has 0 spiro atoms. The van der Waals surface area contributed by atoms with E-state index >= 15 is 0 Å². The molecule has 1 aliphatic heterocycles. The average Bonchev–Trinajstić information content (AvgIpc) is 2.80. The van der Waals surface area contributed by atoms with E-state index in [1.54, 1.807) is 0 Å². The minimum absolute atomic E-state index is 0.0366. The maximum atomic E-state index is 9.02. The molecule has 7 heteroatoms. The number of hydrogen-bond acceptors (Lipinski definition) is 7. The minimum Gasteiger partial charge on any atom is -0.489 e. The Morgan fingerprint density at radius 3 is 1.52 bits per heavy atom. The van der Waals surface area contributed by atoms with Gasteiger partial charge in [0.05, 0.1) is 45.7 Å². The summed E-state index contributed by atoms with van der Waals surface area (Å²) in [5.41, 5.74) is 0. The van der Waals surface area contributed by atoms with E-state index in [9.17, 15) is 0 Å². The van der Waals surface area contributed by atoms with Crippen molar-refractivity contribution in [1.82, 2.24) is 0 Å². The molecule has 0 saturated heterocycles. The summed E-state index contributed by atoms with van der Waals surface area (Å²) in [6, 6.07) is 17.3. The van der Waals surface area contributed by atoms with Crippen LogP contribution >= 0.6 is 0 Å². The molecular formula is C24H29NO6. The fourth-order valence-electron chi connectivity index (χ4n) is 3.02. The van der Waals surface area contributed by atoms with Crippen LogP contribution < -0.4 is 18.9 Å². The third kappa shape index (κ3) is 8.00. The van der Waals surface area contributed by atoms with Crippen LogP contribution in [0.4, 0.5) is 0 Å². The Labute approximate surface area is 183 Å². The van der Waals surface area contributed by atoms with E-state index in [4.69, 9.17) is 33.7 Å². The lowest BCUT2D eigenvalue weighted by Crippen LogP contribution is -2.20. The Bertz CT molecular complexity index is 762. The van der Waals surface area contributed by atoms with Crippen molar-refractivity contribution >= 4 is 0 Å². The zero-order valence-electron chi connectivity index (χ0n) is 17.7. The molecule has 0 atom stereocenters. The highest BCUT2D eigenvalue weighted by Gasteiger charge is 2.15. The lowest BCUT2D eigenvalue weighted by Gasteiger charge is -2.20. The van der Waals surface area contributed by atoms with E-state index in [-0.39, 0.29) is 5.92 Å². The third-order valence-corrected chi connectivity index (χ3v) is 4.65. The van der Waals surface area contributed by atoms with Gasteiger partial charge < -0.3 is 28.4 Å². The zero-order chi connectivity index (χ0) is 21.6. The van der Waals surface area contributed by atoms with Crippen LogP contribution in [0.5, 0.6) is 23.0 Å². The van der Waals surface area contributed by atoms with Crippen LogP contribution in [-0.4, -0.2) is 52.9 Å². The molecule has 0 amide bonds. The number of fused-ring (bicyclic) bond motifs is 2. The molecule has 1 aliphatic rings. The second-order valence-electron chi connectivity index (χ2n) is 7.00. The summed E-state index contributed by atoms with van der Waals surface area (Å²) in [6.07, 6.45) is 1.10. The summed E-state index contributed by atoms with van der Waals surface area (Å²) in [5, 5.41) is 9.02. The summed E-state index contributed by atoms with van der Waals surface area (Å²) in [6.45, 7) is 3.55. The van der Waals surface area contributed by atoms with Crippen LogP contribution in [0.1, 0.15) is 12.8 Å². The normalized spacial score (nSPS) is 16.9. The van der Waals surface area contributed by atoms with Gasteiger partial charge in [0.1, 0.15) is 13.2 Å². The Balaban J connectivity index is 1.70. The molecule has 1 heterocycles. The molecule has 0 N–H and O–H groups in total. The fourth-order valence-corrected chi connectivity index (χ4v) is 3.02. The Morgan fingerprint density at radius 2 is 1.06 bits per heavy atom. The Morgan fingerprint density at radius 1 is 0.645 bits per heavy atom. The number of para-hydroxylation sites is 4. The predicted molar refractivity (Wildman–Crippen MR) is 115 cm³/mol. The van der Waals surface area contributed by atoms with E-state index in [0.29, 0.717) is 88.7 Å². The van der Waals surface area contributed by atoms with Crippen LogP contribution in [0.3, 0.4) is 0 Å². The highest BCUT2D eigenvalue weighted by molar-refractivity contribution is 5.40. The van der Waals surface area contributed by atoms with Gasteiger partial charge in [0, 0.05) is 12.3 Å². The number of benzene rings is 2. The van der Waals surface area contributed by atoms with Crippen LogP contribution in [0.25, 0.3) is 0 Å². The molecule has 0 saturated carbocycles. The van der Waals surface area contributed by atoms with Crippen molar-refractivity contribution in [2.45, 2.75) is 12.8 Å². The standard InChI is InChI=1S/C24H29NO6/c25-11-5-6-20-18-30-23-9-3-1-7-21(23)28-16-14-26-12-13-27-15-17-29-22-8-2-4-10-24(22)31-19-20/h1-4,7-10,20H,5-6,12-19H2. The highest BCUT2D eigenvalue weighted by Crippen LogP contribution is 2.29. The van der Waals surface area contributed by atoms with Crippen LogP contribution in [0.15, 0.2) is 48.5 Å². The smallest absolute Gasteiger partial charge is 0.161 e. The van der Waals surface area contributed by atoms with Gasteiger partial charge in [-0.15, -0.1) is 0 Å². The zero-order valence-corrected chi connectivity index (χ0v) is 17.7. The van der Waals surface area contributed by atoms with Crippen LogP contribution in [0.2, 0.25) is 0 Å². The highest BCUT2D eigenvalue weighted by atomic mass is 16.6. The van der Waals surface area contributed by atoms with Crippen molar-refractivity contribution in [2.75, 3.05) is 52.9 Å². The maximum absolute atomic E-state index is 9.02. The first kappa shape index (κ1) is 22.7. The molecule has 3 rings (SSSR count). The van der Waals surface area contributed by atoms with Crippen molar-refractivity contribution < 1.29 is 28.4 Å². The molecule has 0 aliphatic carbocycles. The molecule has 7 nitrogen and oxygen atoms in total. The van der Waals surface area contributed by atoms with Gasteiger partial charge in [-0.1, -0.05) is 24.3 Å². The first-order valence-corrected chi connectivity index (χ1v) is 10.6. The number of hydrogen-bond donors (Lipinski definition) is 0. The third-order valence-electron chi connectivity index (χ3n) is 4.65. The predicted octanol–water partition coefficient (Wildman–Crippen LogP) is 3.87. The van der Waals surface area contributed by atoms with Gasteiger partial charge in [-0.3, -0.25) is 0 Å². The van der Waals surface area contributed by atoms with Crippen molar-refractivity contribution in [1.29, 1.82) is 5.26 Å². The first-order valence-electron chi connectivity index (χ1n) is 10.6.